The van der Waals surface area contributed by atoms with Gasteiger partial charge in [0.05, 0.1) is 13.0 Å². The van der Waals surface area contributed by atoms with Crippen molar-refractivity contribution in [2.24, 2.45) is 0 Å². The number of fused-ring (bicyclic) bond motifs is 1. The van der Waals surface area contributed by atoms with Crippen LogP contribution in [-0.2, 0) is 19.1 Å². The van der Waals surface area contributed by atoms with Crippen LogP contribution in [0.25, 0.3) is 0 Å². The predicted octanol–water partition coefficient (Wildman–Crippen LogP) is 2.15. The van der Waals surface area contributed by atoms with E-state index >= 15 is 0 Å². The second-order valence-electron chi connectivity index (χ2n) is 6.35. The highest BCUT2D eigenvalue weighted by Gasteiger charge is 2.39. The molecule has 1 aliphatic heterocycles. The maximum Gasteiger partial charge on any atom is 0.328 e. The molecule has 2 amide bonds. The number of hydrogen-bond donors (Lipinski definition) is 1. The number of nitrogens with zero attached hydrogens (tertiary/aromatic N) is 1. The highest BCUT2D eigenvalue weighted by atomic mass is 16.5. The van der Waals surface area contributed by atoms with E-state index in [1.165, 1.54) is 14.0 Å². The van der Waals surface area contributed by atoms with Gasteiger partial charge < -0.3 is 15.0 Å². The standard InChI is InChI=1S/C19H24N2O4/c1-12(2)9-10-21-17-8-6-5-7-14(17)15(18(21)23)11-16(19(24)25-4)20-13(3)22/h5-9,15-16H,10-11H2,1-4H3,(H,20,22)/t15?,16-/m0/s1. The average Bonchev–Trinajstić information content (AvgIpc) is 2.83. The van der Waals surface area contributed by atoms with Gasteiger partial charge in [0, 0.05) is 19.2 Å². The number of ether oxygens (including phenoxy) is 1. The smallest absolute Gasteiger partial charge is 0.328 e. The first-order valence-corrected chi connectivity index (χ1v) is 8.23. The quantitative estimate of drug-likeness (QED) is 0.634. The van der Waals surface area contributed by atoms with E-state index in [0.717, 1.165) is 16.8 Å². The van der Waals surface area contributed by atoms with E-state index in [4.69, 9.17) is 4.74 Å². The second kappa shape index (κ2) is 7.96. The zero-order valence-corrected chi connectivity index (χ0v) is 15.0. The van der Waals surface area contributed by atoms with Crippen LogP contribution < -0.4 is 10.2 Å². The molecule has 134 valence electrons. The fourth-order valence-electron chi connectivity index (χ4n) is 3.00. The van der Waals surface area contributed by atoms with Crippen molar-refractivity contribution < 1.29 is 19.1 Å². The van der Waals surface area contributed by atoms with Crippen LogP contribution in [0.15, 0.2) is 35.9 Å². The molecule has 0 spiro atoms. The van der Waals surface area contributed by atoms with Crippen molar-refractivity contribution in [1.29, 1.82) is 0 Å². The molecule has 0 saturated carbocycles. The van der Waals surface area contributed by atoms with Crippen LogP contribution in [-0.4, -0.2) is 37.5 Å². The Labute approximate surface area is 147 Å². The minimum absolute atomic E-state index is 0.0713. The number of allylic oxidation sites excluding steroid dienone is 1. The van der Waals surface area contributed by atoms with Gasteiger partial charge in [-0.3, -0.25) is 9.59 Å². The zero-order chi connectivity index (χ0) is 18.6. The normalized spacial score (nSPS) is 16.9. The Morgan fingerprint density at radius 2 is 1.96 bits per heavy atom. The first-order valence-electron chi connectivity index (χ1n) is 8.23. The highest BCUT2D eigenvalue weighted by molar-refractivity contribution is 6.05. The van der Waals surface area contributed by atoms with Crippen LogP contribution in [0.4, 0.5) is 5.69 Å². The molecule has 1 unspecified atom stereocenters. The summed E-state index contributed by atoms with van der Waals surface area (Å²) in [7, 11) is 1.27. The summed E-state index contributed by atoms with van der Waals surface area (Å²) in [6, 6.07) is 6.69. The van der Waals surface area contributed by atoms with Gasteiger partial charge in [0.15, 0.2) is 0 Å². The third kappa shape index (κ3) is 4.26. The van der Waals surface area contributed by atoms with Crippen molar-refractivity contribution in [3.63, 3.8) is 0 Å². The molecule has 1 aromatic rings. The molecule has 1 aromatic carbocycles. The largest absolute Gasteiger partial charge is 0.467 e. The van der Waals surface area contributed by atoms with Gasteiger partial charge in [-0.1, -0.05) is 29.8 Å². The molecule has 1 heterocycles. The third-order valence-electron chi connectivity index (χ3n) is 4.18. The maximum atomic E-state index is 12.9. The number of esters is 1. The third-order valence-corrected chi connectivity index (χ3v) is 4.18. The van der Waals surface area contributed by atoms with Crippen molar-refractivity contribution in [2.75, 3.05) is 18.6 Å². The molecule has 1 N–H and O–H groups in total. The number of hydrogen-bond acceptors (Lipinski definition) is 4. The molecule has 1 aliphatic rings. The van der Waals surface area contributed by atoms with Crippen molar-refractivity contribution in [2.45, 2.75) is 39.2 Å². The van der Waals surface area contributed by atoms with Crippen LogP contribution in [0, 0.1) is 0 Å². The number of nitrogens with one attached hydrogen (secondary N) is 1. The Bertz CT molecular complexity index is 707. The summed E-state index contributed by atoms with van der Waals surface area (Å²) in [4.78, 5) is 38.0. The number of anilines is 1. The average molecular weight is 344 g/mol. The van der Waals surface area contributed by atoms with Crippen LogP contribution in [0.1, 0.15) is 38.7 Å². The molecule has 0 saturated heterocycles. The molecule has 6 nitrogen and oxygen atoms in total. The fraction of sp³-hybridized carbons (Fsp3) is 0.421. The van der Waals surface area contributed by atoms with Gasteiger partial charge in [0.2, 0.25) is 11.8 Å². The van der Waals surface area contributed by atoms with E-state index in [0.29, 0.717) is 6.54 Å². The molecule has 0 fully saturated rings. The summed E-state index contributed by atoms with van der Waals surface area (Å²) < 4.78 is 4.76. The zero-order valence-electron chi connectivity index (χ0n) is 15.0. The molecule has 6 heteroatoms. The van der Waals surface area contributed by atoms with Gasteiger partial charge in [-0.25, -0.2) is 4.79 Å². The molecular formula is C19H24N2O4. The lowest BCUT2D eigenvalue weighted by molar-refractivity contribution is -0.145. The van der Waals surface area contributed by atoms with Crippen LogP contribution >= 0.6 is 0 Å². The molecule has 0 radical (unpaired) electrons. The minimum Gasteiger partial charge on any atom is -0.467 e. The van der Waals surface area contributed by atoms with Gasteiger partial charge in [0.25, 0.3) is 0 Å². The minimum atomic E-state index is -0.854. The number of rotatable bonds is 6. The van der Waals surface area contributed by atoms with Crippen molar-refractivity contribution >= 4 is 23.5 Å². The van der Waals surface area contributed by atoms with Gasteiger partial charge in [-0.15, -0.1) is 0 Å². The maximum absolute atomic E-state index is 12.9. The summed E-state index contributed by atoms with van der Waals surface area (Å²) in [5.41, 5.74) is 2.84. The van der Waals surface area contributed by atoms with E-state index in [1.54, 1.807) is 4.90 Å². The number of carbonyl (C=O) groups excluding carboxylic acids is 3. The van der Waals surface area contributed by atoms with Crippen molar-refractivity contribution in [3.8, 4) is 0 Å². The van der Waals surface area contributed by atoms with Crippen LogP contribution in [0.5, 0.6) is 0 Å². The second-order valence-corrected chi connectivity index (χ2v) is 6.35. The van der Waals surface area contributed by atoms with Crippen molar-refractivity contribution in [1.82, 2.24) is 5.32 Å². The van der Waals surface area contributed by atoms with Crippen molar-refractivity contribution in [3.05, 3.63) is 41.5 Å². The number of benzene rings is 1. The first-order chi connectivity index (χ1) is 11.8. The number of amides is 2. The lowest BCUT2D eigenvalue weighted by atomic mass is 9.93. The van der Waals surface area contributed by atoms with Crippen LogP contribution in [0.3, 0.4) is 0 Å². The molecule has 0 aromatic heterocycles. The lowest BCUT2D eigenvalue weighted by Crippen LogP contribution is -2.42. The van der Waals surface area contributed by atoms with Gasteiger partial charge in [-0.05, 0) is 31.9 Å². The van der Waals surface area contributed by atoms with E-state index < -0.39 is 17.9 Å². The number of carbonyl (C=O) groups is 3. The van der Waals surface area contributed by atoms with E-state index in [1.807, 2.05) is 44.2 Å². The topological polar surface area (TPSA) is 75.7 Å². The molecule has 25 heavy (non-hydrogen) atoms. The number of para-hydroxylation sites is 1. The summed E-state index contributed by atoms with van der Waals surface area (Å²) in [5, 5.41) is 2.58. The summed E-state index contributed by atoms with van der Waals surface area (Å²) in [6.45, 7) is 5.78. The Balaban J connectivity index is 2.31. The molecular weight excluding hydrogens is 320 g/mol. The Kier molecular flexibility index (Phi) is 5.96. The molecule has 0 aliphatic carbocycles. The Morgan fingerprint density at radius 3 is 2.56 bits per heavy atom. The Morgan fingerprint density at radius 1 is 1.28 bits per heavy atom. The van der Waals surface area contributed by atoms with Gasteiger partial charge >= 0.3 is 5.97 Å². The lowest BCUT2D eigenvalue weighted by Gasteiger charge is -2.20. The van der Waals surface area contributed by atoms with Gasteiger partial charge in [0.1, 0.15) is 6.04 Å². The SMILES string of the molecule is COC(=O)[C@H](CC1C(=O)N(CC=C(C)C)c2ccccc21)NC(C)=O. The summed E-state index contributed by atoms with van der Waals surface area (Å²) >= 11 is 0. The predicted molar refractivity (Wildman–Crippen MR) is 95.2 cm³/mol. The fourth-order valence-corrected chi connectivity index (χ4v) is 3.00. The Hall–Kier alpha value is -2.63. The molecule has 2 atom stereocenters. The summed E-state index contributed by atoms with van der Waals surface area (Å²) in [6.07, 6.45) is 2.16. The molecule has 2 rings (SSSR count). The molecule has 0 bridgehead atoms. The van der Waals surface area contributed by atoms with E-state index in [9.17, 15) is 14.4 Å². The van der Waals surface area contributed by atoms with E-state index in [2.05, 4.69) is 5.32 Å². The van der Waals surface area contributed by atoms with E-state index in [-0.39, 0.29) is 18.2 Å². The number of methoxy groups -OCH3 is 1. The summed E-state index contributed by atoms with van der Waals surface area (Å²) in [5.74, 6) is -1.45. The van der Waals surface area contributed by atoms with Crippen LogP contribution in [0.2, 0.25) is 0 Å². The monoisotopic (exact) mass is 344 g/mol. The highest BCUT2D eigenvalue weighted by Crippen LogP contribution is 2.39. The van der Waals surface area contributed by atoms with Gasteiger partial charge in [-0.2, -0.15) is 0 Å². The first kappa shape index (κ1) is 18.7.